The first kappa shape index (κ1) is 13.0. The van der Waals surface area contributed by atoms with E-state index < -0.39 is 0 Å². The average Bonchev–Trinajstić information content (AvgIpc) is 3.05. The summed E-state index contributed by atoms with van der Waals surface area (Å²) in [5.41, 5.74) is 1.07. The van der Waals surface area contributed by atoms with Gasteiger partial charge in [-0.2, -0.15) is 0 Å². The van der Waals surface area contributed by atoms with Crippen LogP contribution < -0.4 is 10.6 Å². The molecule has 1 aliphatic heterocycles. The lowest BCUT2D eigenvalue weighted by molar-refractivity contribution is 0.114. The molecule has 1 aromatic heterocycles. The Balaban J connectivity index is 1.80. The number of hydrogen-bond acceptors (Lipinski definition) is 3. The van der Waals surface area contributed by atoms with Crippen LogP contribution in [-0.4, -0.2) is 31.8 Å². The second kappa shape index (κ2) is 7.06. The highest BCUT2D eigenvalue weighted by Crippen LogP contribution is 2.10. The average molecular weight is 251 g/mol. The van der Waals surface area contributed by atoms with Gasteiger partial charge in [-0.05, 0) is 25.8 Å². The quantitative estimate of drug-likeness (QED) is 0.615. The van der Waals surface area contributed by atoms with E-state index in [1.54, 1.807) is 12.5 Å². The molecule has 2 N–H and O–H groups in total. The maximum Gasteiger partial charge on any atom is 0.191 e. The third-order valence-electron chi connectivity index (χ3n) is 2.87. The van der Waals surface area contributed by atoms with Gasteiger partial charge in [0.2, 0.25) is 0 Å². The zero-order valence-electron chi connectivity index (χ0n) is 10.8. The molecular weight excluding hydrogens is 230 g/mol. The van der Waals surface area contributed by atoms with E-state index in [1.807, 2.05) is 6.07 Å². The molecule has 18 heavy (non-hydrogen) atoms. The first-order valence-electron chi connectivity index (χ1n) is 6.53. The van der Waals surface area contributed by atoms with Gasteiger partial charge in [0.25, 0.3) is 0 Å². The minimum atomic E-state index is 0.322. The Hall–Kier alpha value is -1.49. The Morgan fingerprint density at radius 2 is 2.44 bits per heavy atom. The molecule has 0 radical (unpaired) electrons. The van der Waals surface area contributed by atoms with Crippen LogP contribution >= 0.6 is 0 Å². The van der Waals surface area contributed by atoms with Gasteiger partial charge in [0, 0.05) is 25.3 Å². The number of aliphatic imine (C=N–C) groups is 1. The largest absolute Gasteiger partial charge is 0.472 e. The summed E-state index contributed by atoms with van der Waals surface area (Å²) in [6, 6.07) is 1.92. The van der Waals surface area contributed by atoms with Crippen LogP contribution in [0.15, 0.2) is 28.0 Å². The van der Waals surface area contributed by atoms with E-state index in [-0.39, 0.29) is 0 Å². The summed E-state index contributed by atoms with van der Waals surface area (Å²) in [6.07, 6.45) is 6.00. The lowest BCUT2D eigenvalue weighted by atomic mass is 10.2. The van der Waals surface area contributed by atoms with Crippen molar-refractivity contribution < 1.29 is 9.15 Å². The standard InChI is InChI=1S/C13H21N3O2/c1-2-14-13(15-8-11-5-7-17-10-11)16-9-12-4-3-6-18-12/h5,7,10,12H,2-4,6,8-9H2,1H3,(H2,14,15,16). The van der Waals surface area contributed by atoms with Crippen LogP contribution in [0.4, 0.5) is 0 Å². The van der Waals surface area contributed by atoms with Gasteiger partial charge in [-0.1, -0.05) is 0 Å². The molecule has 1 fully saturated rings. The molecule has 0 saturated carbocycles. The van der Waals surface area contributed by atoms with Crippen molar-refractivity contribution in [1.29, 1.82) is 0 Å². The van der Waals surface area contributed by atoms with Crippen molar-refractivity contribution in [2.24, 2.45) is 4.99 Å². The van der Waals surface area contributed by atoms with Gasteiger partial charge in [0.05, 0.1) is 25.2 Å². The Morgan fingerprint density at radius 3 is 3.11 bits per heavy atom. The van der Waals surface area contributed by atoms with E-state index in [2.05, 4.69) is 22.5 Å². The minimum absolute atomic E-state index is 0.322. The first-order valence-corrected chi connectivity index (χ1v) is 6.53. The maximum atomic E-state index is 5.57. The van der Waals surface area contributed by atoms with Crippen LogP contribution in [-0.2, 0) is 11.3 Å². The zero-order valence-corrected chi connectivity index (χ0v) is 10.8. The summed E-state index contributed by atoms with van der Waals surface area (Å²) >= 11 is 0. The highest BCUT2D eigenvalue weighted by atomic mass is 16.5. The van der Waals surface area contributed by atoms with E-state index in [4.69, 9.17) is 9.15 Å². The van der Waals surface area contributed by atoms with Gasteiger partial charge in [-0.25, -0.2) is 4.99 Å². The van der Waals surface area contributed by atoms with E-state index in [0.29, 0.717) is 12.6 Å². The van der Waals surface area contributed by atoms with E-state index in [0.717, 1.165) is 44.1 Å². The Morgan fingerprint density at radius 1 is 1.50 bits per heavy atom. The van der Waals surface area contributed by atoms with Gasteiger partial charge in [0.15, 0.2) is 5.96 Å². The summed E-state index contributed by atoms with van der Waals surface area (Å²) in [5.74, 6) is 0.828. The highest BCUT2D eigenvalue weighted by molar-refractivity contribution is 5.79. The molecule has 0 aromatic carbocycles. The van der Waals surface area contributed by atoms with Gasteiger partial charge in [-0.3, -0.25) is 0 Å². The van der Waals surface area contributed by atoms with Gasteiger partial charge >= 0.3 is 0 Å². The van der Waals surface area contributed by atoms with Crippen LogP contribution in [0.3, 0.4) is 0 Å². The van der Waals surface area contributed by atoms with Gasteiger partial charge in [0.1, 0.15) is 0 Å². The van der Waals surface area contributed by atoms with Crippen LogP contribution in [0, 0.1) is 0 Å². The fourth-order valence-electron chi connectivity index (χ4n) is 1.91. The smallest absolute Gasteiger partial charge is 0.191 e. The van der Waals surface area contributed by atoms with Crippen molar-refractivity contribution in [2.75, 3.05) is 19.7 Å². The molecule has 1 aliphatic rings. The third-order valence-corrected chi connectivity index (χ3v) is 2.87. The summed E-state index contributed by atoms with van der Waals surface area (Å²) in [7, 11) is 0. The second-order valence-electron chi connectivity index (χ2n) is 4.34. The van der Waals surface area contributed by atoms with Gasteiger partial charge in [-0.15, -0.1) is 0 Å². The number of ether oxygens (including phenoxy) is 1. The molecule has 5 heteroatoms. The molecule has 1 saturated heterocycles. The summed E-state index contributed by atoms with van der Waals surface area (Å²) in [5, 5.41) is 6.53. The molecule has 1 unspecified atom stereocenters. The Bertz CT molecular complexity index is 356. The van der Waals surface area contributed by atoms with Crippen LogP contribution in [0.5, 0.6) is 0 Å². The molecule has 0 aliphatic carbocycles. The van der Waals surface area contributed by atoms with Crippen molar-refractivity contribution in [3.05, 3.63) is 24.2 Å². The molecule has 0 amide bonds. The molecule has 2 rings (SSSR count). The predicted molar refractivity (Wildman–Crippen MR) is 70.5 cm³/mol. The zero-order chi connectivity index (χ0) is 12.6. The molecule has 2 heterocycles. The molecule has 1 atom stereocenters. The van der Waals surface area contributed by atoms with E-state index >= 15 is 0 Å². The fourth-order valence-corrected chi connectivity index (χ4v) is 1.91. The molecule has 5 nitrogen and oxygen atoms in total. The molecular formula is C13H21N3O2. The highest BCUT2D eigenvalue weighted by Gasteiger charge is 2.15. The third kappa shape index (κ3) is 4.07. The number of hydrogen-bond donors (Lipinski definition) is 2. The van der Waals surface area contributed by atoms with Crippen LogP contribution in [0.2, 0.25) is 0 Å². The predicted octanol–water partition coefficient (Wildman–Crippen LogP) is 1.51. The number of furan rings is 1. The lowest BCUT2D eigenvalue weighted by Crippen LogP contribution is -2.41. The SMILES string of the molecule is CCNC(=NCc1ccoc1)NCC1CCCO1. The van der Waals surface area contributed by atoms with E-state index in [9.17, 15) is 0 Å². The summed E-state index contributed by atoms with van der Waals surface area (Å²) in [4.78, 5) is 4.50. The number of nitrogens with one attached hydrogen (secondary N) is 2. The number of rotatable bonds is 5. The Kier molecular flexibility index (Phi) is 5.08. The first-order chi connectivity index (χ1) is 8.88. The van der Waals surface area contributed by atoms with Crippen molar-refractivity contribution >= 4 is 5.96 Å². The van der Waals surface area contributed by atoms with Crippen LogP contribution in [0.1, 0.15) is 25.3 Å². The number of nitrogens with zero attached hydrogens (tertiary/aromatic N) is 1. The van der Waals surface area contributed by atoms with Gasteiger partial charge < -0.3 is 19.8 Å². The maximum absolute atomic E-state index is 5.57. The van der Waals surface area contributed by atoms with E-state index in [1.165, 1.54) is 0 Å². The van der Waals surface area contributed by atoms with Crippen molar-refractivity contribution in [3.8, 4) is 0 Å². The summed E-state index contributed by atoms with van der Waals surface area (Å²) < 4.78 is 10.6. The molecule has 100 valence electrons. The molecule has 0 bridgehead atoms. The minimum Gasteiger partial charge on any atom is -0.472 e. The lowest BCUT2D eigenvalue weighted by Gasteiger charge is -2.14. The summed E-state index contributed by atoms with van der Waals surface area (Å²) in [6.45, 7) is 5.23. The number of guanidine groups is 1. The van der Waals surface area contributed by atoms with Crippen molar-refractivity contribution in [1.82, 2.24) is 10.6 Å². The fraction of sp³-hybridized carbons (Fsp3) is 0.615. The topological polar surface area (TPSA) is 58.8 Å². The molecule has 0 spiro atoms. The van der Waals surface area contributed by atoms with Crippen LogP contribution in [0.25, 0.3) is 0 Å². The second-order valence-corrected chi connectivity index (χ2v) is 4.34. The van der Waals surface area contributed by atoms with Crippen molar-refractivity contribution in [2.45, 2.75) is 32.4 Å². The molecule has 1 aromatic rings. The Labute approximate surface area is 108 Å². The monoisotopic (exact) mass is 251 g/mol. The normalized spacial score (nSPS) is 20.1. The van der Waals surface area contributed by atoms with Crippen molar-refractivity contribution in [3.63, 3.8) is 0 Å².